The smallest absolute Gasteiger partial charge is 0.0670 e. The molecular formula is C12H19N3. The summed E-state index contributed by atoms with van der Waals surface area (Å²) in [6, 6.07) is 6.48. The third-order valence-corrected chi connectivity index (χ3v) is 3.02. The Morgan fingerprint density at radius 3 is 2.60 bits per heavy atom. The molecule has 3 nitrogen and oxygen atoms in total. The van der Waals surface area contributed by atoms with Gasteiger partial charge in [0.15, 0.2) is 0 Å². The van der Waals surface area contributed by atoms with E-state index in [4.69, 9.17) is 5.73 Å². The second-order valence-corrected chi connectivity index (χ2v) is 4.30. The molecule has 2 heterocycles. The number of likely N-dealkylation sites (tertiary alicyclic amines) is 1. The van der Waals surface area contributed by atoms with E-state index in [2.05, 4.69) is 22.9 Å². The van der Waals surface area contributed by atoms with Crippen LogP contribution in [0.3, 0.4) is 0 Å². The van der Waals surface area contributed by atoms with Crippen LogP contribution < -0.4 is 5.73 Å². The molecule has 2 rings (SSSR count). The first kappa shape index (κ1) is 10.6. The Morgan fingerprint density at radius 1 is 1.33 bits per heavy atom. The highest BCUT2D eigenvalue weighted by molar-refractivity contribution is 5.11. The Bertz CT molecular complexity index is 291. The second kappa shape index (κ2) is 4.73. The summed E-state index contributed by atoms with van der Waals surface area (Å²) in [7, 11) is 0. The van der Waals surface area contributed by atoms with Gasteiger partial charge in [-0.1, -0.05) is 6.07 Å². The zero-order chi connectivity index (χ0) is 10.7. The molecule has 82 valence electrons. The standard InChI is InChI=1S/C12H19N3/c1-10(13)12(15-8-4-5-9-15)11-6-2-3-7-14-11/h2-3,6-7,10,12H,4-5,8-9,13H2,1H3. The molecule has 1 aliphatic heterocycles. The molecule has 15 heavy (non-hydrogen) atoms. The average Bonchev–Trinajstić information content (AvgIpc) is 2.72. The molecule has 1 aromatic rings. The lowest BCUT2D eigenvalue weighted by molar-refractivity contribution is 0.215. The number of hydrogen-bond acceptors (Lipinski definition) is 3. The van der Waals surface area contributed by atoms with Crippen molar-refractivity contribution in [2.45, 2.75) is 31.8 Å². The third kappa shape index (κ3) is 2.36. The van der Waals surface area contributed by atoms with E-state index in [1.54, 1.807) is 0 Å². The Labute approximate surface area is 91.3 Å². The van der Waals surface area contributed by atoms with Crippen molar-refractivity contribution in [3.63, 3.8) is 0 Å². The molecule has 0 aromatic carbocycles. The second-order valence-electron chi connectivity index (χ2n) is 4.30. The molecule has 2 unspecified atom stereocenters. The minimum Gasteiger partial charge on any atom is -0.326 e. The van der Waals surface area contributed by atoms with Crippen LogP contribution in [0, 0.1) is 0 Å². The fraction of sp³-hybridized carbons (Fsp3) is 0.583. The van der Waals surface area contributed by atoms with Gasteiger partial charge in [0.25, 0.3) is 0 Å². The molecule has 0 aliphatic carbocycles. The first-order valence-electron chi connectivity index (χ1n) is 5.69. The highest BCUT2D eigenvalue weighted by Gasteiger charge is 2.26. The molecule has 1 aromatic heterocycles. The van der Waals surface area contributed by atoms with Crippen molar-refractivity contribution in [3.05, 3.63) is 30.1 Å². The molecule has 1 fully saturated rings. The maximum absolute atomic E-state index is 6.07. The lowest BCUT2D eigenvalue weighted by atomic mass is 10.1. The highest BCUT2D eigenvalue weighted by Crippen LogP contribution is 2.25. The van der Waals surface area contributed by atoms with Gasteiger partial charge in [-0.2, -0.15) is 0 Å². The van der Waals surface area contributed by atoms with Gasteiger partial charge in [-0.3, -0.25) is 9.88 Å². The van der Waals surface area contributed by atoms with Crippen molar-refractivity contribution in [2.24, 2.45) is 5.73 Å². The predicted molar refractivity (Wildman–Crippen MR) is 61.4 cm³/mol. The van der Waals surface area contributed by atoms with Crippen LogP contribution in [-0.2, 0) is 0 Å². The van der Waals surface area contributed by atoms with Crippen molar-refractivity contribution in [1.29, 1.82) is 0 Å². The number of hydrogen-bond donors (Lipinski definition) is 1. The van der Waals surface area contributed by atoms with Gasteiger partial charge in [-0.15, -0.1) is 0 Å². The lowest BCUT2D eigenvalue weighted by Crippen LogP contribution is -2.38. The van der Waals surface area contributed by atoms with Gasteiger partial charge in [0, 0.05) is 12.2 Å². The largest absolute Gasteiger partial charge is 0.326 e. The van der Waals surface area contributed by atoms with Gasteiger partial charge < -0.3 is 5.73 Å². The summed E-state index contributed by atoms with van der Waals surface area (Å²) in [5.41, 5.74) is 7.17. The van der Waals surface area contributed by atoms with Crippen molar-refractivity contribution in [1.82, 2.24) is 9.88 Å². The Morgan fingerprint density at radius 2 is 2.07 bits per heavy atom. The van der Waals surface area contributed by atoms with Crippen LogP contribution in [0.1, 0.15) is 31.5 Å². The van der Waals surface area contributed by atoms with Crippen molar-refractivity contribution < 1.29 is 0 Å². The molecule has 0 amide bonds. The summed E-state index contributed by atoms with van der Waals surface area (Å²) in [5, 5.41) is 0. The topological polar surface area (TPSA) is 42.1 Å². The maximum atomic E-state index is 6.07. The third-order valence-electron chi connectivity index (χ3n) is 3.02. The predicted octanol–water partition coefficient (Wildman–Crippen LogP) is 1.57. The quantitative estimate of drug-likeness (QED) is 0.814. The van der Waals surface area contributed by atoms with Gasteiger partial charge >= 0.3 is 0 Å². The Balaban J connectivity index is 2.19. The van der Waals surface area contributed by atoms with Crippen molar-refractivity contribution in [2.75, 3.05) is 13.1 Å². The van der Waals surface area contributed by atoms with Crippen LogP contribution in [0.5, 0.6) is 0 Å². The number of nitrogens with zero attached hydrogens (tertiary/aromatic N) is 2. The lowest BCUT2D eigenvalue weighted by Gasteiger charge is -2.29. The van der Waals surface area contributed by atoms with Gasteiger partial charge in [0.1, 0.15) is 0 Å². The van der Waals surface area contributed by atoms with Gasteiger partial charge in [-0.25, -0.2) is 0 Å². The van der Waals surface area contributed by atoms with Crippen LogP contribution >= 0.6 is 0 Å². The van der Waals surface area contributed by atoms with E-state index in [0.29, 0.717) is 0 Å². The molecular weight excluding hydrogens is 186 g/mol. The minimum absolute atomic E-state index is 0.137. The first-order valence-corrected chi connectivity index (χ1v) is 5.69. The molecule has 2 N–H and O–H groups in total. The maximum Gasteiger partial charge on any atom is 0.0670 e. The molecule has 1 aliphatic rings. The molecule has 0 bridgehead atoms. The zero-order valence-electron chi connectivity index (χ0n) is 9.26. The highest BCUT2D eigenvalue weighted by atomic mass is 15.2. The normalized spacial score (nSPS) is 21.5. The van der Waals surface area contributed by atoms with Crippen LogP contribution in [0.15, 0.2) is 24.4 Å². The van der Waals surface area contributed by atoms with Crippen molar-refractivity contribution >= 4 is 0 Å². The molecule has 1 saturated heterocycles. The van der Waals surface area contributed by atoms with Crippen LogP contribution in [0.4, 0.5) is 0 Å². The monoisotopic (exact) mass is 205 g/mol. The SMILES string of the molecule is CC(N)C(c1ccccn1)N1CCCC1. The summed E-state index contributed by atoms with van der Waals surface area (Å²) >= 11 is 0. The number of rotatable bonds is 3. The van der Waals surface area contributed by atoms with Crippen molar-refractivity contribution in [3.8, 4) is 0 Å². The molecule has 3 heteroatoms. The number of nitrogens with two attached hydrogens (primary N) is 1. The summed E-state index contributed by atoms with van der Waals surface area (Å²) in [6.45, 7) is 4.38. The first-order chi connectivity index (χ1) is 7.29. The van der Waals surface area contributed by atoms with Gasteiger partial charge in [0.2, 0.25) is 0 Å². The fourth-order valence-corrected chi connectivity index (χ4v) is 2.36. The van der Waals surface area contributed by atoms with Crippen LogP contribution in [0.2, 0.25) is 0 Å². The Hall–Kier alpha value is -0.930. The van der Waals surface area contributed by atoms with Gasteiger partial charge in [-0.05, 0) is 45.0 Å². The zero-order valence-corrected chi connectivity index (χ0v) is 9.26. The number of pyridine rings is 1. The molecule has 0 radical (unpaired) electrons. The summed E-state index contributed by atoms with van der Waals surface area (Å²) < 4.78 is 0. The summed E-state index contributed by atoms with van der Waals surface area (Å²) in [5.74, 6) is 0. The average molecular weight is 205 g/mol. The van der Waals surface area contributed by atoms with E-state index in [0.717, 1.165) is 18.8 Å². The van der Waals surface area contributed by atoms with Crippen LogP contribution in [0.25, 0.3) is 0 Å². The van der Waals surface area contributed by atoms with E-state index in [1.807, 2.05) is 18.3 Å². The van der Waals surface area contributed by atoms with E-state index in [-0.39, 0.29) is 12.1 Å². The summed E-state index contributed by atoms with van der Waals surface area (Å²) in [6.07, 6.45) is 4.42. The van der Waals surface area contributed by atoms with Gasteiger partial charge in [0.05, 0.1) is 11.7 Å². The molecule has 0 spiro atoms. The fourth-order valence-electron chi connectivity index (χ4n) is 2.36. The van der Waals surface area contributed by atoms with E-state index in [1.165, 1.54) is 12.8 Å². The Kier molecular flexibility index (Phi) is 3.34. The number of aromatic nitrogens is 1. The minimum atomic E-state index is 0.137. The molecule has 0 saturated carbocycles. The van der Waals surface area contributed by atoms with Crippen LogP contribution in [-0.4, -0.2) is 29.0 Å². The van der Waals surface area contributed by atoms with E-state index < -0.39 is 0 Å². The summed E-state index contributed by atoms with van der Waals surface area (Å²) in [4.78, 5) is 6.87. The molecule has 2 atom stereocenters. The van der Waals surface area contributed by atoms with E-state index >= 15 is 0 Å². The van der Waals surface area contributed by atoms with E-state index in [9.17, 15) is 0 Å².